The van der Waals surface area contributed by atoms with E-state index in [-0.39, 0.29) is 16.9 Å². The Balaban J connectivity index is 1.71. The third-order valence-corrected chi connectivity index (χ3v) is 7.23. The third-order valence-electron chi connectivity index (χ3n) is 6.30. The van der Waals surface area contributed by atoms with Crippen LogP contribution in [0.4, 0.5) is 5.69 Å². The van der Waals surface area contributed by atoms with Crippen molar-refractivity contribution in [2.24, 2.45) is 0 Å². The van der Waals surface area contributed by atoms with E-state index in [0.717, 1.165) is 70.8 Å². The summed E-state index contributed by atoms with van der Waals surface area (Å²) in [6.07, 6.45) is 3.88. The first-order chi connectivity index (χ1) is 15.1. The quantitative estimate of drug-likeness (QED) is 0.351. The number of hydrogen-bond donors (Lipinski definition) is 1. The van der Waals surface area contributed by atoms with E-state index in [4.69, 9.17) is 0 Å². The van der Waals surface area contributed by atoms with Crippen molar-refractivity contribution in [3.63, 3.8) is 0 Å². The van der Waals surface area contributed by atoms with E-state index in [0.29, 0.717) is 4.47 Å². The van der Waals surface area contributed by atoms with Crippen molar-refractivity contribution in [2.75, 3.05) is 5.32 Å². The van der Waals surface area contributed by atoms with E-state index in [1.807, 2.05) is 55.5 Å². The Bertz CT molecular complexity index is 1350. The number of halogens is 1. The van der Waals surface area contributed by atoms with Crippen LogP contribution in [0.1, 0.15) is 41.0 Å². The molecule has 0 bridgehead atoms. The van der Waals surface area contributed by atoms with E-state index in [1.165, 1.54) is 0 Å². The third kappa shape index (κ3) is 3.37. The largest absolute Gasteiger partial charge is 0.347 e. The zero-order valence-electron chi connectivity index (χ0n) is 17.4. The van der Waals surface area contributed by atoms with Crippen molar-refractivity contribution >= 4 is 49.1 Å². The van der Waals surface area contributed by atoms with E-state index >= 15 is 0 Å². The standard InChI is InChI=1S/C26H23BrN2O2/c1-16-23(27)25(30)22(21-13-3-2-8-14-29(16)21)26(31)28-24-19-11-6-4-9-17(19)15-18-10-5-7-12-20(18)24/h4-7,9-12,15H,2-3,8,13-14H2,1H3,(H,28,31). The number of pyridine rings is 1. The number of carbonyl (C=O) groups is 1. The summed E-state index contributed by atoms with van der Waals surface area (Å²) >= 11 is 3.45. The molecule has 5 rings (SSSR count). The SMILES string of the molecule is Cc1c(Br)c(=O)c(C(=O)Nc2c3ccccc3cc3ccccc23)c2n1CCCCC2. The molecule has 1 aliphatic rings. The molecule has 0 aliphatic carbocycles. The van der Waals surface area contributed by atoms with E-state index in [2.05, 4.69) is 31.9 Å². The summed E-state index contributed by atoms with van der Waals surface area (Å²) in [7, 11) is 0. The second kappa shape index (κ2) is 7.97. The molecule has 0 spiro atoms. The Morgan fingerprint density at radius 2 is 1.61 bits per heavy atom. The number of fused-ring (bicyclic) bond motifs is 3. The minimum Gasteiger partial charge on any atom is -0.347 e. The summed E-state index contributed by atoms with van der Waals surface area (Å²) in [6, 6.07) is 18.2. The summed E-state index contributed by atoms with van der Waals surface area (Å²) in [5.74, 6) is -0.335. The van der Waals surface area contributed by atoms with E-state index in [1.54, 1.807) is 0 Å². The van der Waals surface area contributed by atoms with Crippen LogP contribution in [-0.4, -0.2) is 10.5 Å². The second-order valence-electron chi connectivity index (χ2n) is 8.16. The van der Waals surface area contributed by atoms with Crippen LogP contribution in [0.2, 0.25) is 0 Å². The molecular formula is C26H23BrN2O2. The van der Waals surface area contributed by atoms with E-state index < -0.39 is 0 Å². The summed E-state index contributed by atoms with van der Waals surface area (Å²) in [5, 5.41) is 7.16. The van der Waals surface area contributed by atoms with Gasteiger partial charge in [0, 0.05) is 28.7 Å². The lowest BCUT2D eigenvalue weighted by Gasteiger charge is -2.20. The van der Waals surface area contributed by atoms with Gasteiger partial charge in [0.1, 0.15) is 5.56 Å². The van der Waals surface area contributed by atoms with Gasteiger partial charge in [-0.2, -0.15) is 0 Å². The molecule has 5 heteroatoms. The molecule has 1 amide bonds. The van der Waals surface area contributed by atoms with Crippen molar-refractivity contribution in [2.45, 2.75) is 39.2 Å². The monoisotopic (exact) mass is 474 g/mol. The molecule has 4 nitrogen and oxygen atoms in total. The number of amides is 1. The molecule has 0 radical (unpaired) electrons. The topological polar surface area (TPSA) is 51.1 Å². The van der Waals surface area contributed by atoms with Crippen LogP contribution in [0.25, 0.3) is 21.5 Å². The fourth-order valence-electron chi connectivity index (χ4n) is 4.72. The van der Waals surface area contributed by atoms with Crippen molar-refractivity contribution < 1.29 is 4.79 Å². The number of anilines is 1. The van der Waals surface area contributed by atoms with Crippen molar-refractivity contribution in [1.29, 1.82) is 0 Å². The van der Waals surface area contributed by atoms with Gasteiger partial charge in [0.25, 0.3) is 5.91 Å². The highest BCUT2D eigenvalue weighted by Crippen LogP contribution is 2.33. The lowest BCUT2D eigenvalue weighted by molar-refractivity contribution is 0.102. The van der Waals surface area contributed by atoms with Crippen LogP contribution in [0, 0.1) is 6.92 Å². The number of benzene rings is 3. The Morgan fingerprint density at radius 3 is 2.29 bits per heavy atom. The molecule has 0 saturated heterocycles. The fourth-order valence-corrected chi connectivity index (χ4v) is 5.13. The first-order valence-corrected chi connectivity index (χ1v) is 11.5. The average Bonchev–Trinajstić information content (AvgIpc) is 3.03. The Morgan fingerprint density at radius 1 is 0.968 bits per heavy atom. The maximum Gasteiger partial charge on any atom is 0.261 e. The summed E-state index contributed by atoms with van der Waals surface area (Å²) in [5.41, 5.74) is 2.53. The van der Waals surface area contributed by atoms with Gasteiger partial charge in [-0.15, -0.1) is 0 Å². The number of aromatic nitrogens is 1. The number of nitrogens with zero attached hydrogens (tertiary/aromatic N) is 1. The van der Waals surface area contributed by atoms with Crippen LogP contribution >= 0.6 is 15.9 Å². The van der Waals surface area contributed by atoms with Gasteiger partial charge in [-0.05, 0) is 59.0 Å². The van der Waals surface area contributed by atoms with Gasteiger partial charge in [-0.3, -0.25) is 9.59 Å². The van der Waals surface area contributed by atoms with Gasteiger partial charge < -0.3 is 9.88 Å². The van der Waals surface area contributed by atoms with Gasteiger partial charge in [0.2, 0.25) is 5.43 Å². The molecule has 156 valence electrons. The van der Waals surface area contributed by atoms with Crippen LogP contribution in [0.3, 0.4) is 0 Å². The zero-order chi connectivity index (χ0) is 21.5. The highest BCUT2D eigenvalue weighted by Gasteiger charge is 2.25. The fraction of sp³-hybridized carbons (Fsp3) is 0.231. The van der Waals surface area contributed by atoms with Crippen LogP contribution < -0.4 is 10.7 Å². The number of carbonyl (C=O) groups excluding carboxylic acids is 1. The predicted octanol–water partition coefficient (Wildman–Crippen LogP) is 6.20. The molecule has 0 unspecified atom stereocenters. The maximum absolute atomic E-state index is 13.6. The van der Waals surface area contributed by atoms with Gasteiger partial charge in [-0.25, -0.2) is 0 Å². The molecule has 2 heterocycles. The van der Waals surface area contributed by atoms with Crippen molar-refractivity contribution in [3.8, 4) is 0 Å². The minimum atomic E-state index is -0.335. The van der Waals surface area contributed by atoms with Gasteiger partial charge in [0.05, 0.1) is 10.2 Å². The summed E-state index contributed by atoms with van der Waals surface area (Å²) in [4.78, 5) is 26.8. The molecule has 0 atom stereocenters. The number of rotatable bonds is 2. The molecular weight excluding hydrogens is 452 g/mol. The highest BCUT2D eigenvalue weighted by molar-refractivity contribution is 9.10. The summed E-state index contributed by atoms with van der Waals surface area (Å²) in [6.45, 7) is 2.78. The minimum absolute atomic E-state index is 0.229. The smallest absolute Gasteiger partial charge is 0.261 e. The van der Waals surface area contributed by atoms with Crippen LogP contribution in [-0.2, 0) is 13.0 Å². The van der Waals surface area contributed by atoms with Gasteiger partial charge in [0.15, 0.2) is 0 Å². The van der Waals surface area contributed by atoms with Crippen LogP contribution in [0.5, 0.6) is 0 Å². The first-order valence-electron chi connectivity index (χ1n) is 10.7. The van der Waals surface area contributed by atoms with Crippen LogP contribution in [0.15, 0.2) is 63.9 Å². The molecule has 3 aromatic carbocycles. The lowest BCUT2D eigenvalue weighted by Crippen LogP contribution is -2.29. The zero-order valence-corrected chi connectivity index (χ0v) is 19.0. The van der Waals surface area contributed by atoms with Crippen molar-refractivity contribution in [3.05, 3.63) is 86.2 Å². The Labute approximate surface area is 189 Å². The normalized spacial score (nSPS) is 13.7. The molecule has 1 aliphatic heterocycles. The first kappa shape index (κ1) is 20.0. The van der Waals surface area contributed by atoms with Gasteiger partial charge >= 0.3 is 0 Å². The maximum atomic E-state index is 13.6. The number of nitrogens with one attached hydrogen (secondary N) is 1. The lowest BCUT2D eigenvalue weighted by atomic mass is 10.00. The molecule has 1 N–H and O–H groups in total. The molecule has 0 fully saturated rings. The Kier molecular flexibility index (Phi) is 5.14. The second-order valence-corrected chi connectivity index (χ2v) is 8.95. The number of hydrogen-bond acceptors (Lipinski definition) is 2. The molecule has 1 aromatic heterocycles. The van der Waals surface area contributed by atoms with Gasteiger partial charge in [-0.1, -0.05) is 55.0 Å². The predicted molar refractivity (Wildman–Crippen MR) is 130 cm³/mol. The average molecular weight is 475 g/mol. The molecule has 4 aromatic rings. The molecule has 0 saturated carbocycles. The van der Waals surface area contributed by atoms with E-state index in [9.17, 15) is 9.59 Å². The van der Waals surface area contributed by atoms with Crippen molar-refractivity contribution in [1.82, 2.24) is 4.57 Å². The Hall–Kier alpha value is -2.92. The highest BCUT2D eigenvalue weighted by atomic mass is 79.9. The molecule has 31 heavy (non-hydrogen) atoms. The summed E-state index contributed by atoms with van der Waals surface area (Å²) < 4.78 is 2.63.